The highest BCUT2D eigenvalue weighted by Crippen LogP contribution is 2.18. The van der Waals surface area contributed by atoms with Crippen molar-refractivity contribution in [3.05, 3.63) is 68.8 Å². The number of nitro groups is 2. The molecule has 0 radical (unpaired) electrons. The predicted octanol–water partition coefficient (Wildman–Crippen LogP) is 3.15. The fourth-order valence-electron chi connectivity index (χ4n) is 1.66. The molecule has 2 aromatic carbocycles. The Kier molecular flexibility index (Phi) is 4.27. The molecule has 0 saturated carbocycles. The number of rotatable bonds is 4. The van der Waals surface area contributed by atoms with E-state index < -0.39 is 15.9 Å². The molecule has 0 unspecified atom stereocenters. The standard InChI is InChI=1S/C13H10N4O5/c18-13(14-9-4-6-11(7-5-9)16(19)20)15-10-2-1-3-12(8-10)17(21)22/h1-8H,(H2,14,15,18). The van der Waals surface area contributed by atoms with Crippen molar-refractivity contribution in [2.24, 2.45) is 0 Å². The van der Waals surface area contributed by atoms with Gasteiger partial charge in [-0.1, -0.05) is 6.07 Å². The van der Waals surface area contributed by atoms with Crippen LogP contribution < -0.4 is 10.6 Å². The first-order valence-corrected chi connectivity index (χ1v) is 6.02. The summed E-state index contributed by atoms with van der Waals surface area (Å²) in [6.45, 7) is 0. The molecule has 0 fully saturated rings. The molecule has 22 heavy (non-hydrogen) atoms. The average Bonchev–Trinajstić information content (AvgIpc) is 2.47. The minimum Gasteiger partial charge on any atom is -0.308 e. The van der Waals surface area contributed by atoms with E-state index in [1.165, 1.54) is 48.5 Å². The SMILES string of the molecule is O=C(Nc1ccc([N+](=O)[O-])cc1)Nc1cccc([N+](=O)[O-])c1. The fourth-order valence-corrected chi connectivity index (χ4v) is 1.66. The zero-order valence-corrected chi connectivity index (χ0v) is 11.1. The number of nitrogens with one attached hydrogen (secondary N) is 2. The van der Waals surface area contributed by atoms with Crippen LogP contribution >= 0.6 is 0 Å². The van der Waals surface area contributed by atoms with Crippen LogP contribution in [-0.2, 0) is 0 Å². The van der Waals surface area contributed by atoms with Crippen LogP contribution in [0.15, 0.2) is 48.5 Å². The fraction of sp³-hybridized carbons (Fsp3) is 0. The summed E-state index contributed by atoms with van der Waals surface area (Å²) in [5.41, 5.74) is 0.375. The smallest absolute Gasteiger partial charge is 0.308 e. The number of benzene rings is 2. The summed E-state index contributed by atoms with van der Waals surface area (Å²) in [4.78, 5) is 31.8. The topological polar surface area (TPSA) is 127 Å². The third kappa shape index (κ3) is 3.76. The Hall–Kier alpha value is -3.49. The Morgan fingerprint density at radius 2 is 1.41 bits per heavy atom. The molecule has 0 atom stereocenters. The first kappa shape index (κ1) is 14.9. The van der Waals surface area contributed by atoms with Gasteiger partial charge in [0.1, 0.15) is 0 Å². The van der Waals surface area contributed by atoms with Gasteiger partial charge in [0.2, 0.25) is 0 Å². The van der Waals surface area contributed by atoms with Crippen molar-refractivity contribution >= 4 is 28.8 Å². The second kappa shape index (κ2) is 6.31. The summed E-state index contributed by atoms with van der Waals surface area (Å²) >= 11 is 0. The van der Waals surface area contributed by atoms with Gasteiger partial charge in [-0.25, -0.2) is 4.79 Å². The normalized spacial score (nSPS) is 9.82. The lowest BCUT2D eigenvalue weighted by Gasteiger charge is -2.07. The Morgan fingerprint density at radius 1 is 0.818 bits per heavy atom. The maximum Gasteiger partial charge on any atom is 0.323 e. The highest BCUT2D eigenvalue weighted by molar-refractivity contribution is 5.99. The minimum atomic E-state index is -0.616. The number of carbonyl (C=O) groups is 1. The van der Waals surface area contributed by atoms with E-state index in [9.17, 15) is 25.0 Å². The van der Waals surface area contributed by atoms with Gasteiger partial charge in [-0.15, -0.1) is 0 Å². The molecular formula is C13H10N4O5. The van der Waals surface area contributed by atoms with Crippen molar-refractivity contribution in [3.8, 4) is 0 Å². The Labute approximate surface area is 123 Å². The third-order valence-electron chi connectivity index (χ3n) is 2.65. The van der Waals surface area contributed by atoms with Crippen LogP contribution in [0.1, 0.15) is 0 Å². The number of non-ortho nitro benzene ring substituents is 2. The molecule has 2 amide bonds. The molecule has 0 aliphatic rings. The van der Waals surface area contributed by atoms with Crippen molar-refractivity contribution in [2.75, 3.05) is 10.6 Å². The van der Waals surface area contributed by atoms with E-state index in [0.29, 0.717) is 5.69 Å². The molecule has 0 aromatic heterocycles. The third-order valence-corrected chi connectivity index (χ3v) is 2.65. The molecule has 2 N–H and O–H groups in total. The molecule has 0 saturated heterocycles. The van der Waals surface area contributed by atoms with Crippen LogP contribution in [0, 0.1) is 20.2 Å². The van der Waals surface area contributed by atoms with E-state index >= 15 is 0 Å². The monoisotopic (exact) mass is 302 g/mol. The van der Waals surface area contributed by atoms with Gasteiger partial charge < -0.3 is 10.6 Å². The van der Waals surface area contributed by atoms with E-state index in [2.05, 4.69) is 10.6 Å². The Balaban J connectivity index is 2.02. The number of hydrogen-bond acceptors (Lipinski definition) is 5. The number of urea groups is 1. The summed E-state index contributed by atoms with van der Waals surface area (Å²) in [6.07, 6.45) is 0. The molecular weight excluding hydrogens is 292 g/mol. The van der Waals surface area contributed by atoms with E-state index in [-0.39, 0.29) is 17.1 Å². The minimum absolute atomic E-state index is 0.0929. The van der Waals surface area contributed by atoms with Crippen molar-refractivity contribution in [1.29, 1.82) is 0 Å². The lowest BCUT2D eigenvalue weighted by molar-refractivity contribution is -0.385. The Morgan fingerprint density at radius 3 is 2.00 bits per heavy atom. The highest BCUT2D eigenvalue weighted by Gasteiger charge is 2.09. The summed E-state index contributed by atoms with van der Waals surface area (Å²) in [6, 6.07) is 10.1. The molecule has 0 aliphatic carbocycles. The second-order valence-corrected chi connectivity index (χ2v) is 4.19. The summed E-state index contributed by atoms with van der Waals surface area (Å²) in [5.74, 6) is 0. The highest BCUT2D eigenvalue weighted by atomic mass is 16.6. The van der Waals surface area contributed by atoms with Crippen molar-refractivity contribution in [1.82, 2.24) is 0 Å². The molecule has 112 valence electrons. The van der Waals surface area contributed by atoms with Gasteiger partial charge in [0.25, 0.3) is 11.4 Å². The number of nitrogens with zero attached hydrogens (tertiary/aromatic N) is 2. The maximum absolute atomic E-state index is 11.8. The van der Waals surface area contributed by atoms with Gasteiger partial charge in [-0.2, -0.15) is 0 Å². The number of carbonyl (C=O) groups excluding carboxylic acids is 1. The molecule has 2 rings (SSSR count). The van der Waals surface area contributed by atoms with Gasteiger partial charge in [0.05, 0.1) is 9.85 Å². The van der Waals surface area contributed by atoms with Crippen LogP contribution in [-0.4, -0.2) is 15.9 Å². The van der Waals surface area contributed by atoms with Crippen LogP contribution in [0.2, 0.25) is 0 Å². The van der Waals surface area contributed by atoms with Crippen LogP contribution in [0.3, 0.4) is 0 Å². The molecule has 9 nitrogen and oxygen atoms in total. The first-order valence-electron chi connectivity index (χ1n) is 6.02. The first-order chi connectivity index (χ1) is 10.5. The maximum atomic E-state index is 11.8. The summed E-state index contributed by atoms with van der Waals surface area (Å²) in [7, 11) is 0. The van der Waals surface area contributed by atoms with Crippen molar-refractivity contribution < 1.29 is 14.6 Å². The molecule has 0 spiro atoms. The predicted molar refractivity (Wildman–Crippen MR) is 78.8 cm³/mol. The second-order valence-electron chi connectivity index (χ2n) is 4.19. The van der Waals surface area contributed by atoms with Crippen molar-refractivity contribution in [3.63, 3.8) is 0 Å². The van der Waals surface area contributed by atoms with Gasteiger partial charge in [0, 0.05) is 35.6 Å². The Bertz CT molecular complexity index is 729. The number of anilines is 2. The average molecular weight is 302 g/mol. The number of hydrogen-bond donors (Lipinski definition) is 2. The largest absolute Gasteiger partial charge is 0.323 e. The van der Waals surface area contributed by atoms with Crippen LogP contribution in [0.5, 0.6) is 0 Å². The quantitative estimate of drug-likeness (QED) is 0.662. The molecule has 0 bridgehead atoms. The molecule has 9 heteroatoms. The zero-order chi connectivity index (χ0) is 16.1. The molecule has 2 aromatic rings. The molecule has 0 aliphatic heterocycles. The van der Waals surface area contributed by atoms with Gasteiger partial charge >= 0.3 is 6.03 Å². The van der Waals surface area contributed by atoms with Crippen LogP contribution in [0.4, 0.5) is 27.5 Å². The zero-order valence-electron chi connectivity index (χ0n) is 11.1. The summed E-state index contributed by atoms with van der Waals surface area (Å²) < 4.78 is 0. The van der Waals surface area contributed by atoms with Crippen LogP contribution in [0.25, 0.3) is 0 Å². The van der Waals surface area contributed by atoms with Crippen molar-refractivity contribution in [2.45, 2.75) is 0 Å². The van der Waals surface area contributed by atoms with Gasteiger partial charge in [0.15, 0.2) is 0 Å². The number of amides is 2. The number of nitro benzene ring substituents is 2. The van der Waals surface area contributed by atoms with E-state index in [1.54, 1.807) is 0 Å². The summed E-state index contributed by atoms with van der Waals surface area (Å²) in [5, 5.41) is 26.0. The lowest BCUT2D eigenvalue weighted by atomic mass is 10.3. The van der Waals surface area contributed by atoms with Gasteiger partial charge in [-0.3, -0.25) is 20.2 Å². The molecule has 0 heterocycles. The van der Waals surface area contributed by atoms with E-state index in [4.69, 9.17) is 0 Å². The van der Waals surface area contributed by atoms with Gasteiger partial charge in [-0.05, 0) is 18.2 Å². The van der Waals surface area contributed by atoms with E-state index in [1.807, 2.05) is 0 Å². The lowest BCUT2D eigenvalue weighted by Crippen LogP contribution is -2.19. The van der Waals surface area contributed by atoms with E-state index in [0.717, 1.165) is 0 Å².